The first kappa shape index (κ1) is 16.7. The Bertz CT molecular complexity index is 331. The third-order valence-corrected chi connectivity index (χ3v) is 2.68. The van der Waals surface area contributed by atoms with E-state index in [-0.39, 0.29) is 5.97 Å². The zero-order valence-corrected chi connectivity index (χ0v) is 12.3. The van der Waals surface area contributed by atoms with Crippen LogP contribution in [0.15, 0.2) is 35.5 Å². The van der Waals surface area contributed by atoms with E-state index >= 15 is 0 Å². The van der Waals surface area contributed by atoms with Crippen LogP contribution in [-0.4, -0.2) is 13.1 Å². The summed E-state index contributed by atoms with van der Waals surface area (Å²) in [5, 5.41) is 0. The Kier molecular flexibility index (Phi) is 8.99. The zero-order chi connectivity index (χ0) is 14.0. The number of ether oxygens (including phenoxy) is 1. The van der Waals surface area contributed by atoms with Gasteiger partial charge in [-0.3, -0.25) is 0 Å². The smallest absolute Gasteiger partial charge is 0.330 e. The van der Waals surface area contributed by atoms with Crippen LogP contribution in [0.5, 0.6) is 0 Å². The van der Waals surface area contributed by atoms with Crippen molar-refractivity contribution in [2.24, 2.45) is 5.92 Å². The number of carbonyl (C=O) groups is 1. The lowest BCUT2D eigenvalue weighted by molar-refractivity contribution is -0.134. The van der Waals surface area contributed by atoms with Crippen LogP contribution in [0, 0.1) is 5.92 Å². The third-order valence-electron chi connectivity index (χ3n) is 2.68. The quantitative estimate of drug-likeness (QED) is 0.289. The minimum absolute atomic E-state index is 0.297. The topological polar surface area (TPSA) is 26.3 Å². The highest BCUT2D eigenvalue weighted by Crippen LogP contribution is 2.13. The van der Waals surface area contributed by atoms with Crippen LogP contribution in [0.1, 0.15) is 47.0 Å². The van der Waals surface area contributed by atoms with Gasteiger partial charge >= 0.3 is 5.97 Å². The highest BCUT2D eigenvalue weighted by molar-refractivity contribution is 5.83. The zero-order valence-electron chi connectivity index (χ0n) is 12.3. The SMILES string of the molecule is COC(=O)C=C(C)/C=C\CC(C)CCC=C(C)C. The highest BCUT2D eigenvalue weighted by Gasteiger charge is 1.98. The van der Waals surface area contributed by atoms with E-state index in [1.165, 1.54) is 25.2 Å². The molecule has 0 amide bonds. The van der Waals surface area contributed by atoms with Gasteiger partial charge in [-0.15, -0.1) is 0 Å². The Balaban J connectivity index is 3.97. The predicted molar refractivity (Wildman–Crippen MR) is 77.4 cm³/mol. The summed E-state index contributed by atoms with van der Waals surface area (Å²) < 4.78 is 4.57. The first-order chi connectivity index (χ1) is 8.45. The molecular weight excluding hydrogens is 224 g/mol. The number of methoxy groups -OCH3 is 1. The molecule has 102 valence electrons. The summed E-state index contributed by atoms with van der Waals surface area (Å²) in [7, 11) is 1.39. The minimum Gasteiger partial charge on any atom is -0.466 e. The molecule has 0 aromatic rings. The number of hydrogen-bond donors (Lipinski definition) is 0. The second kappa shape index (κ2) is 9.69. The lowest BCUT2D eigenvalue weighted by Gasteiger charge is -2.06. The van der Waals surface area contributed by atoms with Crippen molar-refractivity contribution < 1.29 is 9.53 Å². The van der Waals surface area contributed by atoms with Gasteiger partial charge in [-0.1, -0.05) is 30.7 Å². The van der Waals surface area contributed by atoms with Crippen molar-refractivity contribution >= 4 is 5.97 Å². The molecule has 0 spiro atoms. The molecule has 0 aliphatic carbocycles. The molecule has 0 aromatic heterocycles. The van der Waals surface area contributed by atoms with Crippen LogP contribution in [-0.2, 0) is 9.53 Å². The Morgan fingerprint density at radius 2 is 1.94 bits per heavy atom. The van der Waals surface area contributed by atoms with Crippen LogP contribution < -0.4 is 0 Å². The van der Waals surface area contributed by atoms with E-state index in [4.69, 9.17) is 0 Å². The number of allylic oxidation sites excluding steroid dienone is 5. The summed E-state index contributed by atoms with van der Waals surface area (Å²) in [5.41, 5.74) is 2.31. The summed E-state index contributed by atoms with van der Waals surface area (Å²) in [6, 6.07) is 0. The molecule has 0 saturated carbocycles. The molecular formula is C16H26O2. The van der Waals surface area contributed by atoms with E-state index in [1.54, 1.807) is 0 Å². The van der Waals surface area contributed by atoms with Crippen molar-refractivity contribution in [2.45, 2.75) is 47.0 Å². The van der Waals surface area contributed by atoms with Gasteiger partial charge in [0.2, 0.25) is 0 Å². The van der Waals surface area contributed by atoms with Gasteiger partial charge in [0, 0.05) is 6.08 Å². The molecule has 0 aromatic carbocycles. The number of hydrogen-bond acceptors (Lipinski definition) is 2. The second-order valence-corrected chi connectivity index (χ2v) is 5.01. The fourth-order valence-corrected chi connectivity index (χ4v) is 1.55. The molecule has 1 unspecified atom stereocenters. The van der Waals surface area contributed by atoms with E-state index in [0.29, 0.717) is 5.92 Å². The molecule has 2 heteroatoms. The minimum atomic E-state index is -0.297. The number of esters is 1. The number of rotatable bonds is 7. The molecule has 0 aliphatic heterocycles. The Morgan fingerprint density at radius 1 is 1.28 bits per heavy atom. The van der Waals surface area contributed by atoms with Crippen LogP contribution in [0.3, 0.4) is 0 Å². The van der Waals surface area contributed by atoms with Gasteiger partial charge in [0.15, 0.2) is 0 Å². The summed E-state index contributed by atoms with van der Waals surface area (Å²) in [6.45, 7) is 8.42. The Hall–Kier alpha value is -1.31. The lowest BCUT2D eigenvalue weighted by Crippen LogP contribution is -1.95. The maximum absolute atomic E-state index is 11.0. The molecule has 18 heavy (non-hydrogen) atoms. The average Bonchev–Trinajstić information content (AvgIpc) is 2.28. The first-order valence-corrected chi connectivity index (χ1v) is 6.51. The van der Waals surface area contributed by atoms with E-state index in [2.05, 4.69) is 37.7 Å². The fourth-order valence-electron chi connectivity index (χ4n) is 1.55. The van der Waals surface area contributed by atoms with Gasteiger partial charge in [-0.2, -0.15) is 0 Å². The fraction of sp³-hybridized carbons (Fsp3) is 0.562. The molecule has 0 aliphatic rings. The molecule has 0 N–H and O–H groups in total. The largest absolute Gasteiger partial charge is 0.466 e. The van der Waals surface area contributed by atoms with Crippen LogP contribution in [0.2, 0.25) is 0 Å². The molecule has 0 saturated heterocycles. The molecule has 1 atom stereocenters. The van der Waals surface area contributed by atoms with E-state index in [9.17, 15) is 4.79 Å². The van der Waals surface area contributed by atoms with Crippen molar-refractivity contribution in [3.63, 3.8) is 0 Å². The maximum Gasteiger partial charge on any atom is 0.330 e. The summed E-state index contributed by atoms with van der Waals surface area (Å²) in [5.74, 6) is 0.372. The van der Waals surface area contributed by atoms with Gasteiger partial charge in [0.05, 0.1) is 7.11 Å². The van der Waals surface area contributed by atoms with Gasteiger partial charge < -0.3 is 4.74 Å². The van der Waals surface area contributed by atoms with Gasteiger partial charge in [-0.05, 0) is 51.5 Å². The summed E-state index contributed by atoms with van der Waals surface area (Å²) in [6.07, 6.45) is 11.3. The first-order valence-electron chi connectivity index (χ1n) is 6.51. The third kappa shape index (κ3) is 9.88. The normalized spacial score (nSPS) is 13.5. The second-order valence-electron chi connectivity index (χ2n) is 5.01. The molecule has 0 rings (SSSR count). The summed E-state index contributed by atoms with van der Waals surface area (Å²) >= 11 is 0. The van der Waals surface area contributed by atoms with Gasteiger partial charge in [0.25, 0.3) is 0 Å². The Morgan fingerprint density at radius 3 is 2.50 bits per heavy atom. The molecule has 2 nitrogen and oxygen atoms in total. The number of carbonyl (C=O) groups excluding carboxylic acids is 1. The average molecular weight is 250 g/mol. The van der Waals surface area contributed by atoms with Crippen molar-refractivity contribution in [2.75, 3.05) is 7.11 Å². The van der Waals surface area contributed by atoms with E-state index in [1.807, 2.05) is 13.0 Å². The van der Waals surface area contributed by atoms with Crippen LogP contribution >= 0.6 is 0 Å². The molecule has 0 heterocycles. The van der Waals surface area contributed by atoms with Crippen molar-refractivity contribution in [3.8, 4) is 0 Å². The lowest BCUT2D eigenvalue weighted by atomic mass is 10.0. The molecule has 0 fully saturated rings. The maximum atomic E-state index is 11.0. The monoisotopic (exact) mass is 250 g/mol. The van der Waals surface area contributed by atoms with Crippen LogP contribution in [0.25, 0.3) is 0 Å². The van der Waals surface area contributed by atoms with Gasteiger partial charge in [0.1, 0.15) is 0 Å². The molecule has 0 radical (unpaired) electrons. The summed E-state index contributed by atoms with van der Waals surface area (Å²) in [4.78, 5) is 11.0. The van der Waals surface area contributed by atoms with E-state index in [0.717, 1.165) is 18.4 Å². The van der Waals surface area contributed by atoms with Crippen molar-refractivity contribution in [1.29, 1.82) is 0 Å². The Labute approximate surface area is 111 Å². The standard InChI is InChI=1S/C16H26O2/c1-13(2)8-6-9-14(3)10-7-11-15(4)12-16(17)18-5/h7-8,11-12,14H,6,9-10H2,1-5H3/b11-7-,15-12?. The van der Waals surface area contributed by atoms with Crippen molar-refractivity contribution in [1.82, 2.24) is 0 Å². The highest BCUT2D eigenvalue weighted by atomic mass is 16.5. The van der Waals surface area contributed by atoms with Crippen molar-refractivity contribution in [3.05, 3.63) is 35.5 Å². The van der Waals surface area contributed by atoms with Crippen LogP contribution in [0.4, 0.5) is 0 Å². The van der Waals surface area contributed by atoms with E-state index < -0.39 is 0 Å². The predicted octanol–water partition coefficient (Wildman–Crippen LogP) is 4.43. The molecule has 0 bridgehead atoms. The van der Waals surface area contributed by atoms with Gasteiger partial charge in [-0.25, -0.2) is 4.79 Å².